The molecule has 21 heavy (non-hydrogen) atoms. The van der Waals surface area contributed by atoms with E-state index in [0.717, 1.165) is 13.0 Å². The maximum Gasteiger partial charge on any atom is 0.148 e. The first-order valence-electron chi connectivity index (χ1n) is 7.23. The Labute approximate surface area is 129 Å². The van der Waals surface area contributed by atoms with Crippen molar-refractivity contribution in [2.75, 3.05) is 13.6 Å². The van der Waals surface area contributed by atoms with E-state index in [0.29, 0.717) is 0 Å². The zero-order valence-corrected chi connectivity index (χ0v) is 12.9. The van der Waals surface area contributed by atoms with E-state index < -0.39 is 0 Å². The van der Waals surface area contributed by atoms with Crippen LogP contribution < -0.4 is 21.1 Å². The van der Waals surface area contributed by atoms with Crippen LogP contribution >= 0.6 is 11.3 Å². The first-order chi connectivity index (χ1) is 10.4. The minimum Gasteiger partial charge on any atom is -0.362 e. The lowest BCUT2D eigenvalue weighted by atomic mass is 10.2. The maximum absolute atomic E-state index is 6.27. The molecule has 1 unspecified atom stereocenters. The van der Waals surface area contributed by atoms with Gasteiger partial charge in [-0.15, -0.1) is 11.3 Å². The highest BCUT2D eigenvalue weighted by atomic mass is 32.1. The minimum atomic E-state index is -0.0798. The van der Waals surface area contributed by atoms with Crippen molar-refractivity contribution in [2.24, 2.45) is 0 Å². The summed E-state index contributed by atoms with van der Waals surface area (Å²) in [6.45, 7) is 0.940. The first kappa shape index (κ1) is 14.3. The zero-order chi connectivity index (χ0) is 14.5. The molecule has 0 spiro atoms. The summed E-state index contributed by atoms with van der Waals surface area (Å²) in [6.07, 6.45) is 5.18. The van der Waals surface area contributed by atoms with Crippen LogP contribution in [0.25, 0.3) is 12.3 Å². The topological polar surface area (TPSA) is 33.3 Å². The molecule has 0 aliphatic carbocycles. The number of thiophene rings is 1. The summed E-state index contributed by atoms with van der Waals surface area (Å²) in [6, 6.07) is 12.6. The van der Waals surface area contributed by atoms with Gasteiger partial charge in [-0.05, 0) is 48.0 Å². The molecule has 2 atom stereocenters. The quantitative estimate of drug-likeness (QED) is 0.849. The summed E-state index contributed by atoms with van der Waals surface area (Å²) in [7, 11) is 1.97. The highest BCUT2D eigenvalue weighted by Crippen LogP contribution is 2.26. The van der Waals surface area contributed by atoms with Gasteiger partial charge in [0.1, 0.15) is 6.23 Å². The van der Waals surface area contributed by atoms with E-state index in [-0.39, 0.29) is 12.3 Å². The summed E-state index contributed by atoms with van der Waals surface area (Å²) in [5.41, 5.74) is 0. The number of nitrogens with one attached hydrogen (secondary N) is 2. The average Bonchev–Trinajstić information content (AvgIpc) is 3.05. The Hall–Kier alpha value is -1.62. The van der Waals surface area contributed by atoms with Crippen LogP contribution in [-0.2, 0) is 4.74 Å². The number of rotatable bonds is 6. The number of fused-ring (bicyclic) bond motifs is 1. The van der Waals surface area contributed by atoms with E-state index in [1.165, 1.54) is 15.3 Å². The van der Waals surface area contributed by atoms with Gasteiger partial charge in [0.05, 0.1) is 6.10 Å². The molecule has 0 saturated carbocycles. The van der Waals surface area contributed by atoms with Crippen LogP contribution in [0.1, 0.15) is 17.4 Å². The van der Waals surface area contributed by atoms with Crippen molar-refractivity contribution < 1.29 is 4.74 Å². The summed E-state index contributed by atoms with van der Waals surface area (Å²) in [4.78, 5) is 1.28. The van der Waals surface area contributed by atoms with Crippen LogP contribution in [0.2, 0.25) is 0 Å². The van der Waals surface area contributed by atoms with Gasteiger partial charge in [0.25, 0.3) is 0 Å². The van der Waals surface area contributed by atoms with Crippen molar-refractivity contribution in [1.29, 1.82) is 0 Å². The number of ether oxygens (including phenoxy) is 1. The Morgan fingerprint density at radius 1 is 1.24 bits per heavy atom. The fourth-order valence-electron chi connectivity index (χ4n) is 2.46. The van der Waals surface area contributed by atoms with Gasteiger partial charge < -0.3 is 15.4 Å². The monoisotopic (exact) mass is 300 g/mol. The molecule has 1 aromatic heterocycles. The van der Waals surface area contributed by atoms with Crippen molar-refractivity contribution in [2.45, 2.75) is 18.8 Å². The Morgan fingerprint density at radius 2 is 2.10 bits per heavy atom. The number of hydrogen-bond donors (Lipinski definition) is 2. The van der Waals surface area contributed by atoms with E-state index in [9.17, 15) is 0 Å². The molecule has 1 aromatic carbocycles. The smallest absolute Gasteiger partial charge is 0.148 e. The molecule has 2 heterocycles. The molecule has 2 N–H and O–H groups in total. The Kier molecular flexibility index (Phi) is 4.70. The molecule has 1 aliphatic heterocycles. The fourth-order valence-corrected chi connectivity index (χ4v) is 3.26. The lowest BCUT2D eigenvalue weighted by Crippen LogP contribution is -2.40. The third-order valence-corrected chi connectivity index (χ3v) is 4.52. The molecule has 1 aliphatic rings. The largest absolute Gasteiger partial charge is 0.362 e. The van der Waals surface area contributed by atoms with Gasteiger partial charge in [0.15, 0.2) is 0 Å². The third kappa shape index (κ3) is 3.53. The SMILES string of the molecule is CNCC[C@H](OC1C=c2ccccc2=CN1)c1cccs1. The standard InChI is InChI=1S/C17H20N2OS/c1-18-9-8-15(16-7-4-10-21-16)20-17-11-13-5-2-3-6-14(13)12-19-17/h2-7,10-12,15,17-19H,8-9H2,1H3/t15-,17?/m0/s1. The van der Waals surface area contributed by atoms with Crippen LogP contribution in [0.4, 0.5) is 0 Å². The summed E-state index contributed by atoms with van der Waals surface area (Å²) < 4.78 is 6.27. The Balaban J connectivity index is 1.76. The van der Waals surface area contributed by atoms with Gasteiger partial charge in [-0.3, -0.25) is 0 Å². The molecule has 4 heteroatoms. The van der Waals surface area contributed by atoms with Crippen molar-refractivity contribution in [3.8, 4) is 0 Å². The van der Waals surface area contributed by atoms with E-state index in [1.54, 1.807) is 11.3 Å². The van der Waals surface area contributed by atoms with Crippen LogP contribution in [0, 0.1) is 0 Å². The molecule has 3 rings (SSSR count). The van der Waals surface area contributed by atoms with Gasteiger partial charge in [-0.25, -0.2) is 0 Å². The first-order valence-corrected chi connectivity index (χ1v) is 8.11. The highest BCUT2D eigenvalue weighted by molar-refractivity contribution is 7.10. The second kappa shape index (κ2) is 6.89. The third-order valence-electron chi connectivity index (χ3n) is 3.56. The molecule has 110 valence electrons. The summed E-state index contributed by atoms with van der Waals surface area (Å²) in [5.74, 6) is 0. The summed E-state index contributed by atoms with van der Waals surface area (Å²) >= 11 is 1.75. The van der Waals surface area contributed by atoms with Gasteiger partial charge in [0.2, 0.25) is 0 Å². The van der Waals surface area contributed by atoms with E-state index in [1.807, 2.05) is 19.3 Å². The minimum absolute atomic E-state index is 0.0798. The fraction of sp³-hybridized carbons (Fsp3) is 0.294. The highest BCUT2D eigenvalue weighted by Gasteiger charge is 2.17. The molecule has 2 aromatic rings. The van der Waals surface area contributed by atoms with Gasteiger partial charge >= 0.3 is 0 Å². The zero-order valence-electron chi connectivity index (χ0n) is 12.1. The van der Waals surface area contributed by atoms with Crippen LogP contribution in [0.15, 0.2) is 41.8 Å². The second-order valence-corrected chi connectivity index (χ2v) is 6.04. The van der Waals surface area contributed by atoms with Gasteiger partial charge in [-0.2, -0.15) is 0 Å². The Morgan fingerprint density at radius 3 is 2.86 bits per heavy atom. The second-order valence-electron chi connectivity index (χ2n) is 5.06. The van der Waals surface area contributed by atoms with Crippen molar-refractivity contribution in [1.82, 2.24) is 10.6 Å². The molecule has 0 radical (unpaired) electrons. The molecular weight excluding hydrogens is 280 g/mol. The van der Waals surface area contributed by atoms with Crippen molar-refractivity contribution in [3.63, 3.8) is 0 Å². The molecule has 0 amide bonds. The predicted molar refractivity (Wildman–Crippen MR) is 88.2 cm³/mol. The van der Waals surface area contributed by atoms with Crippen LogP contribution in [0.3, 0.4) is 0 Å². The molecular formula is C17H20N2OS. The molecule has 0 saturated heterocycles. The van der Waals surface area contributed by atoms with Gasteiger partial charge in [0, 0.05) is 11.1 Å². The molecule has 3 nitrogen and oxygen atoms in total. The van der Waals surface area contributed by atoms with E-state index >= 15 is 0 Å². The molecule has 0 bridgehead atoms. The predicted octanol–water partition coefficient (Wildman–Crippen LogP) is 1.56. The van der Waals surface area contributed by atoms with E-state index in [4.69, 9.17) is 4.74 Å². The lowest BCUT2D eigenvalue weighted by molar-refractivity contribution is 0.00936. The lowest BCUT2D eigenvalue weighted by Gasteiger charge is -2.24. The van der Waals surface area contributed by atoms with Crippen molar-refractivity contribution >= 4 is 23.6 Å². The number of hydrogen-bond acceptors (Lipinski definition) is 4. The Bertz CT molecular complexity index is 681. The van der Waals surface area contributed by atoms with Crippen molar-refractivity contribution in [3.05, 3.63) is 57.1 Å². The normalized spacial score (nSPS) is 18.0. The van der Waals surface area contributed by atoms with Crippen LogP contribution in [0.5, 0.6) is 0 Å². The summed E-state index contributed by atoms with van der Waals surface area (Å²) in [5, 5.41) is 11.1. The number of benzene rings is 1. The molecule has 0 fully saturated rings. The maximum atomic E-state index is 6.27. The van der Waals surface area contributed by atoms with Gasteiger partial charge in [-0.1, -0.05) is 30.3 Å². The van der Waals surface area contributed by atoms with E-state index in [2.05, 4.69) is 52.4 Å². The van der Waals surface area contributed by atoms with Crippen LogP contribution in [-0.4, -0.2) is 19.8 Å². The average molecular weight is 300 g/mol.